The summed E-state index contributed by atoms with van der Waals surface area (Å²) in [6.45, 7) is 6.11. The van der Waals surface area contributed by atoms with E-state index >= 15 is 0 Å². The summed E-state index contributed by atoms with van der Waals surface area (Å²) in [5.74, 6) is -0.153. The molecule has 0 spiro atoms. The van der Waals surface area contributed by atoms with E-state index in [4.69, 9.17) is 23.2 Å². The van der Waals surface area contributed by atoms with Crippen molar-refractivity contribution in [2.45, 2.75) is 27.2 Å². The number of thioether (sulfide) groups is 1. The zero-order chi connectivity index (χ0) is 22.1. The van der Waals surface area contributed by atoms with Crippen molar-refractivity contribution in [3.05, 3.63) is 86.0 Å². The van der Waals surface area contributed by atoms with E-state index in [1.54, 1.807) is 6.07 Å². The number of carbonyl (C=O) groups is 1. The van der Waals surface area contributed by atoms with Crippen LogP contribution in [0.25, 0.3) is 11.8 Å². The van der Waals surface area contributed by atoms with Crippen molar-refractivity contribution in [1.29, 1.82) is 0 Å². The lowest BCUT2D eigenvalue weighted by Gasteiger charge is -2.12. The average Bonchev–Trinajstić information content (AvgIpc) is 3.23. The molecule has 3 aromatic rings. The average molecular weight is 470 g/mol. The van der Waals surface area contributed by atoms with Gasteiger partial charge >= 0.3 is 0 Å². The molecule has 2 heterocycles. The highest BCUT2D eigenvalue weighted by molar-refractivity contribution is 8.18. The lowest BCUT2D eigenvalue weighted by molar-refractivity contribution is -0.115. The summed E-state index contributed by atoms with van der Waals surface area (Å²) < 4.78 is 2.04. The number of benzene rings is 2. The summed E-state index contributed by atoms with van der Waals surface area (Å²) in [6, 6.07) is 15.6. The predicted octanol–water partition coefficient (Wildman–Crippen LogP) is 6.85. The highest BCUT2D eigenvalue weighted by atomic mass is 35.5. The van der Waals surface area contributed by atoms with E-state index in [1.807, 2.05) is 67.0 Å². The smallest absolute Gasteiger partial charge is 0.264 e. The van der Waals surface area contributed by atoms with Gasteiger partial charge in [-0.3, -0.25) is 4.79 Å². The van der Waals surface area contributed by atoms with Crippen molar-refractivity contribution in [1.82, 2.24) is 9.88 Å². The molecule has 0 bridgehead atoms. The van der Waals surface area contributed by atoms with Crippen LogP contribution in [0, 0.1) is 13.8 Å². The molecule has 0 saturated carbocycles. The molecule has 0 unspecified atom stereocenters. The first-order valence-electron chi connectivity index (χ1n) is 9.89. The third-order valence-electron chi connectivity index (χ3n) is 5.16. The standard InChI is InChI=1S/C24H21Cl2N3OS/c1-4-16-8-10-18(11-9-16)27-24-28-23(30)21(31-24)13-17-12-14(2)29(15(17)3)20-7-5-6-19(25)22(20)26/h5-13H,4H2,1-3H3,(H,27,28,30)/b21-13-. The highest BCUT2D eigenvalue weighted by Gasteiger charge is 2.25. The number of hydrogen-bond donors (Lipinski definition) is 1. The van der Waals surface area contributed by atoms with E-state index in [-0.39, 0.29) is 5.91 Å². The lowest BCUT2D eigenvalue weighted by Crippen LogP contribution is -2.19. The van der Waals surface area contributed by atoms with Crippen molar-refractivity contribution in [3.8, 4) is 5.69 Å². The highest BCUT2D eigenvalue weighted by Crippen LogP contribution is 2.34. The Balaban J connectivity index is 1.64. The summed E-state index contributed by atoms with van der Waals surface area (Å²) in [7, 11) is 0. The number of nitrogens with zero attached hydrogens (tertiary/aromatic N) is 2. The number of amidine groups is 1. The fourth-order valence-corrected chi connectivity index (χ4v) is 4.73. The fraction of sp³-hybridized carbons (Fsp3) is 0.167. The van der Waals surface area contributed by atoms with E-state index in [0.717, 1.165) is 34.7 Å². The van der Waals surface area contributed by atoms with Gasteiger partial charge in [0.1, 0.15) is 0 Å². The second-order valence-corrected chi connectivity index (χ2v) is 9.05. The molecular formula is C24H21Cl2N3OS. The molecule has 1 aliphatic rings. The lowest BCUT2D eigenvalue weighted by atomic mass is 10.2. The van der Waals surface area contributed by atoms with Crippen LogP contribution in [0.2, 0.25) is 10.0 Å². The molecule has 31 heavy (non-hydrogen) atoms. The quantitative estimate of drug-likeness (QED) is 0.424. The molecule has 1 saturated heterocycles. The van der Waals surface area contributed by atoms with E-state index in [0.29, 0.717) is 20.1 Å². The maximum absolute atomic E-state index is 12.5. The molecule has 2 aromatic carbocycles. The predicted molar refractivity (Wildman–Crippen MR) is 132 cm³/mol. The Morgan fingerprint density at radius 1 is 1.13 bits per heavy atom. The van der Waals surface area contributed by atoms with Gasteiger partial charge in [0, 0.05) is 11.4 Å². The van der Waals surface area contributed by atoms with Gasteiger partial charge in [0.25, 0.3) is 5.91 Å². The minimum atomic E-state index is -0.153. The Bertz CT molecular complexity index is 1230. The van der Waals surface area contributed by atoms with Crippen molar-refractivity contribution >= 4 is 57.8 Å². The zero-order valence-corrected chi connectivity index (χ0v) is 19.7. The van der Waals surface area contributed by atoms with Gasteiger partial charge in [-0.15, -0.1) is 0 Å². The normalized spacial score (nSPS) is 16.4. The van der Waals surface area contributed by atoms with Crippen molar-refractivity contribution in [2.75, 3.05) is 0 Å². The summed E-state index contributed by atoms with van der Waals surface area (Å²) in [5, 5.41) is 4.43. The second kappa shape index (κ2) is 8.95. The molecule has 1 fully saturated rings. The summed E-state index contributed by atoms with van der Waals surface area (Å²) in [4.78, 5) is 17.7. The van der Waals surface area contributed by atoms with Gasteiger partial charge in [0.2, 0.25) is 0 Å². The number of halogens is 2. The monoisotopic (exact) mass is 469 g/mol. The topological polar surface area (TPSA) is 46.4 Å². The minimum Gasteiger partial charge on any atom is -0.316 e. The molecular weight excluding hydrogens is 449 g/mol. The summed E-state index contributed by atoms with van der Waals surface area (Å²) >= 11 is 14.0. The molecule has 1 aliphatic heterocycles. The van der Waals surface area contributed by atoms with Crippen LogP contribution in [0.5, 0.6) is 0 Å². The molecule has 4 rings (SSSR count). The van der Waals surface area contributed by atoms with E-state index in [1.165, 1.54) is 17.3 Å². The van der Waals surface area contributed by atoms with Crippen LogP contribution in [0.15, 0.2) is 58.4 Å². The van der Waals surface area contributed by atoms with Gasteiger partial charge in [-0.1, -0.05) is 48.3 Å². The number of aryl methyl sites for hydroxylation is 2. The Morgan fingerprint density at radius 2 is 1.87 bits per heavy atom. The maximum Gasteiger partial charge on any atom is 0.264 e. The number of aliphatic imine (C=N–C) groups is 1. The van der Waals surface area contributed by atoms with Crippen LogP contribution in [0.3, 0.4) is 0 Å². The van der Waals surface area contributed by atoms with Crippen LogP contribution in [-0.2, 0) is 11.2 Å². The van der Waals surface area contributed by atoms with Gasteiger partial charge in [-0.2, -0.15) is 0 Å². The van der Waals surface area contributed by atoms with E-state index in [2.05, 4.69) is 17.2 Å². The van der Waals surface area contributed by atoms with E-state index < -0.39 is 0 Å². The molecule has 0 aliphatic carbocycles. The fourth-order valence-electron chi connectivity index (χ4n) is 3.51. The van der Waals surface area contributed by atoms with Gasteiger partial charge in [-0.05, 0) is 79.6 Å². The van der Waals surface area contributed by atoms with Crippen LogP contribution >= 0.6 is 35.0 Å². The first-order chi connectivity index (χ1) is 14.9. The van der Waals surface area contributed by atoms with Crippen LogP contribution in [0.4, 0.5) is 5.69 Å². The molecule has 7 heteroatoms. The number of nitrogens with one attached hydrogen (secondary N) is 1. The molecule has 0 atom stereocenters. The van der Waals surface area contributed by atoms with Gasteiger partial charge in [-0.25, -0.2) is 4.99 Å². The molecule has 0 radical (unpaired) electrons. The van der Waals surface area contributed by atoms with Crippen LogP contribution < -0.4 is 5.32 Å². The largest absolute Gasteiger partial charge is 0.316 e. The Morgan fingerprint density at radius 3 is 2.58 bits per heavy atom. The first-order valence-corrected chi connectivity index (χ1v) is 11.5. The second-order valence-electron chi connectivity index (χ2n) is 7.24. The van der Waals surface area contributed by atoms with Crippen LogP contribution in [0.1, 0.15) is 29.4 Å². The minimum absolute atomic E-state index is 0.153. The molecule has 1 N–H and O–H groups in total. The van der Waals surface area contributed by atoms with Gasteiger partial charge in [0.05, 0.1) is 26.3 Å². The number of carbonyl (C=O) groups excluding carboxylic acids is 1. The number of hydrogen-bond acceptors (Lipinski definition) is 3. The van der Waals surface area contributed by atoms with Crippen LogP contribution in [-0.4, -0.2) is 15.6 Å². The van der Waals surface area contributed by atoms with E-state index in [9.17, 15) is 4.79 Å². The SMILES string of the molecule is CCc1ccc(N=C2NC(=O)/C(=C/c3cc(C)n(-c4cccc(Cl)c4Cl)c3C)S2)cc1. The van der Waals surface area contributed by atoms with Crippen molar-refractivity contribution < 1.29 is 4.79 Å². The number of amides is 1. The molecule has 1 aromatic heterocycles. The molecule has 1 amide bonds. The Labute approximate surface area is 196 Å². The third kappa shape index (κ3) is 4.45. The zero-order valence-electron chi connectivity index (χ0n) is 17.4. The van der Waals surface area contributed by atoms with Gasteiger partial charge in [0.15, 0.2) is 5.17 Å². The van der Waals surface area contributed by atoms with Crippen molar-refractivity contribution in [2.24, 2.45) is 4.99 Å². The molecule has 4 nitrogen and oxygen atoms in total. The Kier molecular flexibility index (Phi) is 6.28. The Hall–Kier alpha value is -2.47. The summed E-state index contributed by atoms with van der Waals surface area (Å²) in [6.07, 6.45) is 2.87. The van der Waals surface area contributed by atoms with Crippen molar-refractivity contribution in [3.63, 3.8) is 0 Å². The third-order valence-corrected chi connectivity index (χ3v) is 6.87. The van der Waals surface area contributed by atoms with Gasteiger partial charge < -0.3 is 9.88 Å². The number of aromatic nitrogens is 1. The summed E-state index contributed by atoms with van der Waals surface area (Å²) in [5.41, 5.74) is 5.80. The number of rotatable bonds is 4. The first kappa shape index (κ1) is 21.8. The molecule has 158 valence electrons. The maximum atomic E-state index is 12.5.